The van der Waals surface area contributed by atoms with E-state index in [2.05, 4.69) is 24.1 Å². The standard InChI is InChI=1S/C19H34N2/c1-3-20-18(13-21-5-4-14(2)12-21)19-9-15-6-16(10-19)8-17(7-15)11-19/h14-18,20H,3-13H2,1-2H3. The second kappa shape index (κ2) is 5.53. The van der Waals surface area contributed by atoms with E-state index in [-0.39, 0.29) is 0 Å². The van der Waals surface area contributed by atoms with Gasteiger partial charge in [0.25, 0.3) is 0 Å². The second-order valence-corrected chi connectivity index (χ2v) is 9.04. The fourth-order valence-electron chi connectivity index (χ4n) is 6.78. The Labute approximate surface area is 131 Å². The van der Waals surface area contributed by atoms with E-state index >= 15 is 0 Å². The lowest BCUT2D eigenvalue weighted by Crippen LogP contribution is -2.59. The molecule has 4 bridgehead atoms. The molecule has 1 N–H and O–H groups in total. The third kappa shape index (κ3) is 2.67. The van der Waals surface area contributed by atoms with E-state index in [1.807, 2.05) is 0 Å². The summed E-state index contributed by atoms with van der Waals surface area (Å²) in [7, 11) is 0. The van der Waals surface area contributed by atoms with Crippen LogP contribution in [0.15, 0.2) is 0 Å². The first-order valence-corrected chi connectivity index (χ1v) is 9.62. The van der Waals surface area contributed by atoms with Gasteiger partial charge in [0.2, 0.25) is 0 Å². The van der Waals surface area contributed by atoms with Crippen molar-refractivity contribution in [2.24, 2.45) is 29.1 Å². The number of likely N-dealkylation sites (N-methyl/N-ethyl adjacent to an activating group) is 1. The monoisotopic (exact) mass is 290 g/mol. The van der Waals surface area contributed by atoms with Crippen LogP contribution in [0, 0.1) is 29.1 Å². The lowest BCUT2D eigenvalue weighted by molar-refractivity contribution is -0.0778. The molecule has 0 aromatic rings. The lowest BCUT2D eigenvalue weighted by Gasteiger charge is -2.60. The lowest BCUT2D eigenvalue weighted by atomic mass is 9.47. The minimum Gasteiger partial charge on any atom is -0.312 e. The Balaban J connectivity index is 1.50. The van der Waals surface area contributed by atoms with E-state index in [0.717, 1.165) is 36.3 Å². The summed E-state index contributed by atoms with van der Waals surface area (Å²) in [6.45, 7) is 9.89. The van der Waals surface area contributed by atoms with E-state index < -0.39 is 0 Å². The zero-order chi connectivity index (χ0) is 14.4. The molecule has 0 radical (unpaired) electrons. The van der Waals surface area contributed by atoms with Gasteiger partial charge < -0.3 is 10.2 Å². The van der Waals surface area contributed by atoms with E-state index in [9.17, 15) is 0 Å². The van der Waals surface area contributed by atoms with Crippen molar-refractivity contribution in [1.82, 2.24) is 10.2 Å². The van der Waals surface area contributed by atoms with Crippen molar-refractivity contribution < 1.29 is 0 Å². The van der Waals surface area contributed by atoms with Crippen LogP contribution in [0.1, 0.15) is 58.8 Å². The number of nitrogens with one attached hydrogen (secondary N) is 1. The van der Waals surface area contributed by atoms with Crippen LogP contribution in [-0.2, 0) is 0 Å². The van der Waals surface area contributed by atoms with Gasteiger partial charge in [0.05, 0.1) is 0 Å². The fraction of sp³-hybridized carbons (Fsp3) is 1.00. The first-order valence-electron chi connectivity index (χ1n) is 9.62. The Morgan fingerprint density at radius 3 is 2.19 bits per heavy atom. The van der Waals surface area contributed by atoms with E-state index in [1.165, 1.54) is 26.1 Å². The molecular formula is C19H34N2. The molecule has 4 aliphatic carbocycles. The van der Waals surface area contributed by atoms with Crippen LogP contribution >= 0.6 is 0 Å². The van der Waals surface area contributed by atoms with Gasteiger partial charge in [-0.15, -0.1) is 0 Å². The van der Waals surface area contributed by atoms with Crippen LogP contribution in [0.2, 0.25) is 0 Å². The number of hydrogen-bond acceptors (Lipinski definition) is 2. The molecule has 2 heteroatoms. The molecule has 0 aromatic heterocycles. The molecule has 21 heavy (non-hydrogen) atoms. The molecule has 2 unspecified atom stereocenters. The van der Waals surface area contributed by atoms with Gasteiger partial charge in [-0.1, -0.05) is 13.8 Å². The minimum atomic E-state index is 0.663. The smallest absolute Gasteiger partial charge is 0.0251 e. The molecule has 4 saturated carbocycles. The summed E-state index contributed by atoms with van der Waals surface area (Å²) in [5.74, 6) is 4.16. The van der Waals surface area contributed by atoms with Gasteiger partial charge in [-0.3, -0.25) is 0 Å². The minimum absolute atomic E-state index is 0.663. The summed E-state index contributed by atoms with van der Waals surface area (Å²) in [6, 6.07) is 0.765. The first kappa shape index (κ1) is 14.5. The van der Waals surface area contributed by atoms with Gasteiger partial charge in [-0.2, -0.15) is 0 Å². The maximum atomic E-state index is 3.94. The Morgan fingerprint density at radius 1 is 1.10 bits per heavy atom. The number of hydrogen-bond donors (Lipinski definition) is 1. The Kier molecular flexibility index (Phi) is 3.82. The molecule has 2 nitrogen and oxygen atoms in total. The van der Waals surface area contributed by atoms with Crippen LogP contribution in [0.5, 0.6) is 0 Å². The normalized spacial score (nSPS) is 47.1. The highest BCUT2D eigenvalue weighted by Crippen LogP contribution is 2.61. The quantitative estimate of drug-likeness (QED) is 0.833. The molecule has 1 heterocycles. The van der Waals surface area contributed by atoms with E-state index in [1.54, 1.807) is 38.5 Å². The van der Waals surface area contributed by atoms with Gasteiger partial charge in [-0.25, -0.2) is 0 Å². The summed E-state index contributed by atoms with van der Waals surface area (Å²) >= 11 is 0. The van der Waals surface area contributed by atoms with Gasteiger partial charge >= 0.3 is 0 Å². The van der Waals surface area contributed by atoms with Crippen molar-refractivity contribution in [1.29, 1.82) is 0 Å². The zero-order valence-corrected chi connectivity index (χ0v) is 14.1. The zero-order valence-electron chi connectivity index (χ0n) is 14.1. The highest BCUT2D eigenvalue weighted by molar-refractivity contribution is 5.07. The van der Waals surface area contributed by atoms with Crippen LogP contribution in [-0.4, -0.2) is 37.1 Å². The molecule has 2 atom stereocenters. The van der Waals surface area contributed by atoms with Crippen molar-refractivity contribution >= 4 is 0 Å². The third-order valence-corrected chi connectivity index (χ3v) is 7.22. The van der Waals surface area contributed by atoms with Crippen molar-refractivity contribution in [3.63, 3.8) is 0 Å². The van der Waals surface area contributed by atoms with Crippen molar-refractivity contribution in [2.45, 2.75) is 64.8 Å². The van der Waals surface area contributed by atoms with E-state index in [4.69, 9.17) is 0 Å². The molecule has 0 amide bonds. The number of likely N-dealkylation sites (tertiary alicyclic amines) is 1. The summed E-state index contributed by atoms with van der Waals surface area (Å²) in [5, 5.41) is 3.94. The Hall–Kier alpha value is -0.0800. The largest absolute Gasteiger partial charge is 0.312 e. The molecule has 5 aliphatic rings. The predicted molar refractivity (Wildman–Crippen MR) is 88.3 cm³/mol. The number of rotatable bonds is 5. The SMILES string of the molecule is CCNC(CN1CCC(C)C1)C12CC3CC(CC(C3)C1)C2. The second-order valence-electron chi connectivity index (χ2n) is 9.04. The summed E-state index contributed by atoms with van der Waals surface area (Å²) in [5.41, 5.74) is 0.663. The molecule has 120 valence electrons. The van der Waals surface area contributed by atoms with Gasteiger partial charge in [0.15, 0.2) is 0 Å². The summed E-state index contributed by atoms with van der Waals surface area (Å²) in [4.78, 5) is 2.76. The topological polar surface area (TPSA) is 15.3 Å². The molecule has 5 rings (SSSR count). The first-order chi connectivity index (χ1) is 10.2. The molecular weight excluding hydrogens is 256 g/mol. The average molecular weight is 290 g/mol. The summed E-state index contributed by atoms with van der Waals surface area (Å²) in [6.07, 6.45) is 10.7. The predicted octanol–water partition coefficient (Wildman–Crippen LogP) is 3.52. The molecule has 0 spiro atoms. The van der Waals surface area contributed by atoms with E-state index in [0.29, 0.717) is 5.41 Å². The van der Waals surface area contributed by atoms with Crippen molar-refractivity contribution in [3.8, 4) is 0 Å². The maximum Gasteiger partial charge on any atom is 0.0251 e. The molecule has 5 fully saturated rings. The summed E-state index contributed by atoms with van der Waals surface area (Å²) < 4.78 is 0. The molecule has 1 aliphatic heterocycles. The number of nitrogens with zero attached hydrogens (tertiary/aromatic N) is 1. The molecule has 0 aromatic carbocycles. The highest BCUT2D eigenvalue weighted by atomic mass is 15.2. The van der Waals surface area contributed by atoms with Crippen molar-refractivity contribution in [3.05, 3.63) is 0 Å². The Morgan fingerprint density at radius 2 is 1.71 bits per heavy atom. The van der Waals surface area contributed by atoms with Gasteiger partial charge in [0.1, 0.15) is 0 Å². The van der Waals surface area contributed by atoms with Crippen LogP contribution in [0.4, 0.5) is 0 Å². The highest BCUT2D eigenvalue weighted by Gasteiger charge is 2.54. The van der Waals surface area contributed by atoms with Crippen LogP contribution < -0.4 is 5.32 Å². The molecule has 1 saturated heterocycles. The Bertz CT molecular complexity index is 342. The van der Waals surface area contributed by atoms with Gasteiger partial charge in [0, 0.05) is 19.1 Å². The maximum absolute atomic E-state index is 3.94. The third-order valence-electron chi connectivity index (χ3n) is 7.22. The average Bonchev–Trinajstić information content (AvgIpc) is 2.82. The van der Waals surface area contributed by atoms with Gasteiger partial charge in [-0.05, 0) is 87.1 Å². The fourth-order valence-corrected chi connectivity index (χ4v) is 6.78. The van der Waals surface area contributed by atoms with Crippen molar-refractivity contribution in [2.75, 3.05) is 26.2 Å². The van der Waals surface area contributed by atoms with Crippen LogP contribution in [0.3, 0.4) is 0 Å². The van der Waals surface area contributed by atoms with Crippen LogP contribution in [0.25, 0.3) is 0 Å².